The summed E-state index contributed by atoms with van der Waals surface area (Å²) in [6, 6.07) is 10.4. The number of nitrogens with zero attached hydrogens (tertiary/aromatic N) is 2. The summed E-state index contributed by atoms with van der Waals surface area (Å²) in [5, 5.41) is 0.312. The van der Waals surface area contributed by atoms with Crippen LogP contribution in [-0.4, -0.2) is 9.38 Å². The molecule has 0 radical (unpaired) electrons. The lowest BCUT2D eigenvalue weighted by atomic mass is 10.1. The quantitative estimate of drug-likeness (QED) is 0.596. The molecule has 3 aromatic rings. The minimum Gasteiger partial charge on any atom is -0.283 e. The van der Waals surface area contributed by atoms with E-state index in [1.54, 1.807) is 24.3 Å². The van der Waals surface area contributed by atoms with Crippen LogP contribution in [0.25, 0.3) is 16.9 Å². The summed E-state index contributed by atoms with van der Waals surface area (Å²) in [7, 11) is 0. The van der Waals surface area contributed by atoms with E-state index >= 15 is 0 Å². The number of pyridine rings is 1. The zero-order valence-corrected chi connectivity index (χ0v) is 10.8. The molecule has 3 rings (SSSR count). The normalized spacial score (nSPS) is 12.0. The first-order chi connectivity index (χ1) is 9.48. The molecule has 0 fully saturated rings. The van der Waals surface area contributed by atoms with Crippen molar-refractivity contribution in [3.05, 3.63) is 59.4 Å². The van der Waals surface area contributed by atoms with Crippen LogP contribution >= 0.6 is 11.6 Å². The fraction of sp³-hybridized carbons (Fsp3) is 0.0714. The number of aromatic nitrogens is 2. The Kier molecular flexibility index (Phi) is 2.94. The van der Waals surface area contributed by atoms with E-state index in [-0.39, 0.29) is 11.4 Å². The largest absolute Gasteiger partial charge is 0.417 e. The first-order valence-electron chi connectivity index (χ1n) is 5.77. The molecule has 2 aromatic heterocycles. The Bertz CT molecular complexity index is 777. The second-order valence-corrected chi connectivity index (χ2v) is 4.62. The predicted molar refractivity (Wildman–Crippen MR) is 70.6 cm³/mol. The summed E-state index contributed by atoms with van der Waals surface area (Å²) in [4.78, 5) is 4.08. The third-order valence-electron chi connectivity index (χ3n) is 2.98. The Morgan fingerprint density at radius 1 is 1.00 bits per heavy atom. The van der Waals surface area contributed by atoms with Crippen LogP contribution < -0.4 is 0 Å². The maximum absolute atomic E-state index is 13.1. The second-order valence-electron chi connectivity index (χ2n) is 4.23. The van der Waals surface area contributed by atoms with E-state index in [1.165, 1.54) is 22.7 Å². The van der Waals surface area contributed by atoms with Gasteiger partial charge in [0.15, 0.2) is 0 Å². The van der Waals surface area contributed by atoms with E-state index in [9.17, 15) is 13.2 Å². The van der Waals surface area contributed by atoms with Crippen molar-refractivity contribution in [1.29, 1.82) is 0 Å². The molecule has 102 valence electrons. The van der Waals surface area contributed by atoms with Crippen molar-refractivity contribution in [1.82, 2.24) is 9.38 Å². The van der Waals surface area contributed by atoms with Gasteiger partial charge in [-0.3, -0.25) is 4.40 Å². The highest BCUT2D eigenvalue weighted by atomic mass is 35.5. The van der Waals surface area contributed by atoms with E-state index in [0.29, 0.717) is 10.7 Å². The Balaban J connectivity index is 2.33. The lowest BCUT2D eigenvalue weighted by Gasteiger charge is -2.12. The highest BCUT2D eigenvalue weighted by Crippen LogP contribution is 2.37. The molecule has 2 heterocycles. The van der Waals surface area contributed by atoms with E-state index < -0.39 is 11.7 Å². The third kappa shape index (κ3) is 2.04. The van der Waals surface area contributed by atoms with Crippen molar-refractivity contribution in [3.63, 3.8) is 0 Å². The molecule has 0 aliphatic rings. The van der Waals surface area contributed by atoms with Crippen molar-refractivity contribution in [2.75, 3.05) is 0 Å². The fourth-order valence-electron chi connectivity index (χ4n) is 2.12. The predicted octanol–water partition coefficient (Wildman–Crippen LogP) is 4.67. The van der Waals surface area contributed by atoms with Gasteiger partial charge < -0.3 is 0 Å². The highest BCUT2D eigenvalue weighted by Gasteiger charge is 2.34. The smallest absolute Gasteiger partial charge is 0.283 e. The molecule has 20 heavy (non-hydrogen) atoms. The molecule has 6 heteroatoms. The van der Waals surface area contributed by atoms with Crippen molar-refractivity contribution >= 4 is 17.1 Å². The number of halogens is 4. The van der Waals surface area contributed by atoms with E-state index in [0.717, 1.165) is 6.07 Å². The average molecular weight is 297 g/mol. The maximum atomic E-state index is 13.1. The van der Waals surface area contributed by atoms with E-state index in [1.807, 2.05) is 0 Å². The molecule has 0 amide bonds. The van der Waals surface area contributed by atoms with Crippen LogP contribution in [0.2, 0.25) is 5.15 Å². The maximum Gasteiger partial charge on any atom is 0.417 e. The minimum atomic E-state index is -4.44. The monoisotopic (exact) mass is 296 g/mol. The summed E-state index contributed by atoms with van der Waals surface area (Å²) >= 11 is 6.06. The molecule has 0 unspecified atom stereocenters. The summed E-state index contributed by atoms with van der Waals surface area (Å²) in [6.45, 7) is 0. The lowest BCUT2D eigenvalue weighted by molar-refractivity contribution is -0.137. The highest BCUT2D eigenvalue weighted by molar-refractivity contribution is 6.30. The number of fused-ring (bicyclic) bond motifs is 1. The van der Waals surface area contributed by atoms with Crippen LogP contribution in [0.4, 0.5) is 13.2 Å². The molecule has 0 aliphatic heterocycles. The Morgan fingerprint density at radius 3 is 2.50 bits per heavy atom. The van der Waals surface area contributed by atoms with E-state index in [2.05, 4.69) is 4.98 Å². The van der Waals surface area contributed by atoms with Gasteiger partial charge in [0.25, 0.3) is 0 Å². The van der Waals surface area contributed by atoms with Gasteiger partial charge in [-0.25, -0.2) is 4.98 Å². The van der Waals surface area contributed by atoms with Crippen LogP contribution in [0.15, 0.2) is 48.7 Å². The molecule has 1 aromatic carbocycles. The Hall–Kier alpha value is -2.01. The van der Waals surface area contributed by atoms with Crippen LogP contribution in [-0.2, 0) is 6.18 Å². The molecule has 0 bridgehead atoms. The minimum absolute atomic E-state index is 0.00750. The molecule has 0 atom stereocenters. The number of alkyl halides is 3. The lowest BCUT2D eigenvalue weighted by Crippen LogP contribution is -2.08. The molecule has 0 N–H and O–H groups in total. The van der Waals surface area contributed by atoms with Crippen molar-refractivity contribution in [2.45, 2.75) is 6.18 Å². The Morgan fingerprint density at radius 2 is 1.75 bits per heavy atom. The molecule has 2 nitrogen and oxygen atoms in total. The standard InChI is InChI=1S/C14H8ClF3N2/c15-12-7-3-4-9-8-19-13(20(9)12)10-5-1-2-6-11(10)14(16,17)18/h1-8H. The summed E-state index contributed by atoms with van der Waals surface area (Å²) in [5.74, 6) is 0.179. The SMILES string of the molecule is FC(F)(F)c1ccccc1-c1ncc2cccc(Cl)n12. The van der Waals surface area contributed by atoms with Crippen LogP contribution in [0.5, 0.6) is 0 Å². The van der Waals surface area contributed by atoms with Gasteiger partial charge in [0.1, 0.15) is 11.0 Å². The number of benzene rings is 1. The number of rotatable bonds is 1. The van der Waals surface area contributed by atoms with Crippen LogP contribution in [0.1, 0.15) is 5.56 Å². The molecule has 0 saturated heterocycles. The van der Waals surface area contributed by atoms with Crippen molar-refractivity contribution < 1.29 is 13.2 Å². The average Bonchev–Trinajstić information content (AvgIpc) is 2.83. The topological polar surface area (TPSA) is 17.3 Å². The zero-order valence-electron chi connectivity index (χ0n) is 10.0. The number of hydrogen-bond acceptors (Lipinski definition) is 1. The molecular weight excluding hydrogens is 289 g/mol. The first-order valence-corrected chi connectivity index (χ1v) is 6.15. The van der Waals surface area contributed by atoms with Crippen molar-refractivity contribution in [2.24, 2.45) is 0 Å². The van der Waals surface area contributed by atoms with Crippen LogP contribution in [0, 0.1) is 0 Å². The molecular formula is C14H8ClF3N2. The van der Waals surface area contributed by atoms with Gasteiger partial charge in [-0.05, 0) is 18.2 Å². The van der Waals surface area contributed by atoms with Gasteiger partial charge in [-0.2, -0.15) is 13.2 Å². The molecule has 0 spiro atoms. The van der Waals surface area contributed by atoms with Gasteiger partial charge in [0, 0.05) is 5.56 Å². The third-order valence-corrected chi connectivity index (χ3v) is 3.27. The summed E-state index contributed by atoms with van der Waals surface area (Å²) in [6.07, 6.45) is -2.95. The summed E-state index contributed by atoms with van der Waals surface area (Å²) < 4.78 is 40.7. The second kappa shape index (κ2) is 4.52. The van der Waals surface area contributed by atoms with Gasteiger partial charge >= 0.3 is 6.18 Å². The summed E-state index contributed by atoms with van der Waals surface area (Å²) in [5.41, 5.74) is -0.0787. The van der Waals surface area contributed by atoms with Crippen molar-refractivity contribution in [3.8, 4) is 11.4 Å². The van der Waals surface area contributed by atoms with Gasteiger partial charge in [0.2, 0.25) is 0 Å². The zero-order chi connectivity index (χ0) is 14.3. The first kappa shape index (κ1) is 13.0. The number of hydrogen-bond donors (Lipinski definition) is 0. The molecule has 0 saturated carbocycles. The fourth-order valence-corrected chi connectivity index (χ4v) is 2.37. The van der Waals surface area contributed by atoms with Gasteiger partial charge in [-0.1, -0.05) is 35.9 Å². The van der Waals surface area contributed by atoms with E-state index in [4.69, 9.17) is 11.6 Å². The Labute approximate surface area is 117 Å². The molecule has 0 aliphatic carbocycles. The van der Waals surface area contributed by atoms with Gasteiger partial charge in [-0.15, -0.1) is 0 Å². The van der Waals surface area contributed by atoms with Crippen LogP contribution in [0.3, 0.4) is 0 Å². The number of imidazole rings is 1. The van der Waals surface area contributed by atoms with Gasteiger partial charge in [0.05, 0.1) is 17.3 Å².